The summed E-state index contributed by atoms with van der Waals surface area (Å²) in [6, 6.07) is 4.88. The van der Waals surface area contributed by atoms with Gasteiger partial charge in [-0.3, -0.25) is 0 Å². The van der Waals surface area contributed by atoms with Crippen LogP contribution < -0.4 is 0 Å². The van der Waals surface area contributed by atoms with Crippen LogP contribution in [-0.4, -0.2) is 25.8 Å². The third-order valence-corrected chi connectivity index (χ3v) is 6.15. The molecule has 0 bridgehead atoms. The van der Waals surface area contributed by atoms with E-state index in [1.807, 2.05) is 0 Å². The second-order valence-corrected chi connectivity index (χ2v) is 8.57. The predicted molar refractivity (Wildman–Crippen MR) is 80.9 cm³/mol. The Balaban J connectivity index is 2.36. The van der Waals surface area contributed by atoms with Crippen molar-refractivity contribution in [3.05, 3.63) is 27.7 Å². The highest BCUT2D eigenvalue weighted by Crippen LogP contribution is 2.31. The molecule has 19 heavy (non-hydrogen) atoms. The van der Waals surface area contributed by atoms with Gasteiger partial charge in [-0.15, -0.1) is 0 Å². The lowest BCUT2D eigenvalue weighted by Crippen LogP contribution is -2.42. The third kappa shape index (κ3) is 3.32. The first-order valence-electron chi connectivity index (χ1n) is 6.26. The van der Waals surface area contributed by atoms with Gasteiger partial charge in [-0.05, 0) is 36.5 Å². The van der Waals surface area contributed by atoms with Crippen LogP contribution in [0.15, 0.2) is 27.6 Å². The summed E-state index contributed by atoms with van der Waals surface area (Å²) in [4.78, 5) is 0.193. The van der Waals surface area contributed by atoms with Gasteiger partial charge in [0.25, 0.3) is 0 Å². The minimum absolute atomic E-state index is 0.193. The molecular formula is C13H17BrClNO2S. The van der Waals surface area contributed by atoms with Crippen molar-refractivity contribution in [2.75, 3.05) is 13.1 Å². The lowest BCUT2D eigenvalue weighted by Gasteiger charge is -2.34. The molecule has 106 valence electrons. The number of piperidine rings is 1. The minimum atomic E-state index is -3.49. The van der Waals surface area contributed by atoms with E-state index >= 15 is 0 Å². The first-order valence-corrected chi connectivity index (χ1v) is 8.87. The van der Waals surface area contributed by atoms with Gasteiger partial charge < -0.3 is 0 Å². The van der Waals surface area contributed by atoms with Gasteiger partial charge in [0, 0.05) is 17.6 Å². The molecule has 1 aromatic carbocycles. The molecule has 1 aromatic rings. The van der Waals surface area contributed by atoms with E-state index < -0.39 is 10.0 Å². The van der Waals surface area contributed by atoms with Crippen molar-refractivity contribution in [1.82, 2.24) is 4.31 Å². The Morgan fingerprint density at radius 2 is 1.84 bits per heavy atom. The monoisotopic (exact) mass is 365 g/mol. The van der Waals surface area contributed by atoms with Crippen LogP contribution in [0.4, 0.5) is 0 Å². The van der Waals surface area contributed by atoms with Crippen molar-refractivity contribution in [3.8, 4) is 0 Å². The summed E-state index contributed by atoms with van der Waals surface area (Å²) in [6.45, 7) is 5.31. The second-order valence-electron chi connectivity index (χ2n) is 5.34. The molecule has 0 saturated carbocycles. The maximum Gasteiger partial charge on any atom is 0.244 e. The highest BCUT2D eigenvalue weighted by atomic mass is 79.9. The van der Waals surface area contributed by atoms with Gasteiger partial charge in [-0.25, -0.2) is 8.42 Å². The summed E-state index contributed by atoms with van der Waals surface area (Å²) in [5, 5.41) is 0.264. The van der Waals surface area contributed by atoms with E-state index in [1.54, 1.807) is 22.5 Å². The molecule has 2 atom stereocenters. The van der Waals surface area contributed by atoms with E-state index in [9.17, 15) is 8.42 Å². The molecule has 0 amide bonds. The van der Waals surface area contributed by atoms with Crippen molar-refractivity contribution >= 4 is 37.6 Å². The summed E-state index contributed by atoms with van der Waals surface area (Å²) in [7, 11) is -3.49. The smallest absolute Gasteiger partial charge is 0.207 e. The first kappa shape index (κ1) is 15.3. The molecule has 0 spiro atoms. The molecule has 1 fully saturated rings. The van der Waals surface area contributed by atoms with Gasteiger partial charge in [0.15, 0.2) is 0 Å². The molecule has 6 heteroatoms. The SMILES string of the molecule is CC1CC(C)CN(S(=O)(=O)c2ccc(Br)cc2Cl)C1. The van der Waals surface area contributed by atoms with Gasteiger partial charge in [0.2, 0.25) is 10.0 Å². The van der Waals surface area contributed by atoms with Crippen LogP contribution in [0.5, 0.6) is 0 Å². The number of hydrogen-bond acceptors (Lipinski definition) is 2. The normalized spacial score (nSPS) is 25.5. The number of benzene rings is 1. The lowest BCUT2D eigenvalue weighted by molar-refractivity contribution is 0.222. The van der Waals surface area contributed by atoms with Crippen LogP contribution >= 0.6 is 27.5 Å². The minimum Gasteiger partial charge on any atom is -0.207 e. The first-order chi connectivity index (χ1) is 8.80. The van der Waals surface area contributed by atoms with Gasteiger partial charge in [0.05, 0.1) is 5.02 Å². The molecule has 0 N–H and O–H groups in total. The molecule has 1 heterocycles. The molecule has 2 rings (SSSR count). The van der Waals surface area contributed by atoms with E-state index in [-0.39, 0.29) is 9.92 Å². The summed E-state index contributed by atoms with van der Waals surface area (Å²) >= 11 is 9.36. The molecule has 0 aliphatic carbocycles. The van der Waals surface area contributed by atoms with Gasteiger partial charge in [-0.1, -0.05) is 41.4 Å². The number of halogens is 2. The van der Waals surface area contributed by atoms with Crippen LogP contribution in [0.25, 0.3) is 0 Å². The topological polar surface area (TPSA) is 37.4 Å². The van der Waals surface area contributed by atoms with Crippen molar-refractivity contribution < 1.29 is 8.42 Å². The van der Waals surface area contributed by atoms with E-state index in [2.05, 4.69) is 29.8 Å². The molecule has 1 aliphatic rings. The average Bonchev–Trinajstić information content (AvgIpc) is 2.26. The highest BCUT2D eigenvalue weighted by molar-refractivity contribution is 9.10. The summed E-state index contributed by atoms with van der Waals surface area (Å²) in [6.07, 6.45) is 1.07. The van der Waals surface area contributed by atoms with E-state index in [4.69, 9.17) is 11.6 Å². The fourth-order valence-corrected chi connectivity index (χ4v) is 5.32. The number of rotatable bonds is 2. The molecule has 1 saturated heterocycles. The zero-order chi connectivity index (χ0) is 14.2. The largest absolute Gasteiger partial charge is 0.244 e. The quantitative estimate of drug-likeness (QED) is 0.799. The fourth-order valence-electron chi connectivity index (χ4n) is 2.63. The Labute approximate surface area is 128 Å². The standard InChI is InChI=1S/C13H17BrClNO2S/c1-9-5-10(2)8-16(7-9)19(17,18)13-4-3-11(14)6-12(13)15/h3-4,6,9-10H,5,7-8H2,1-2H3. The van der Waals surface area contributed by atoms with E-state index in [0.29, 0.717) is 24.9 Å². The van der Waals surface area contributed by atoms with Crippen molar-refractivity contribution in [2.24, 2.45) is 11.8 Å². The molecular weight excluding hydrogens is 350 g/mol. The fraction of sp³-hybridized carbons (Fsp3) is 0.538. The zero-order valence-corrected chi connectivity index (χ0v) is 14.1. The maximum absolute atomic E-state index is 12.6. The van der Waals surface area contributed by atoms with Crippen LogP contribution in [0.3, 0.4) is 0 Å². The highest BCUT2D eigenvalue weighted by Gasteiger charge is 2.32. The summed E-state index contributed by atoms with van der Waals surface area (Å²) < 4.78 is 27.6. The Morgan fingerprint density at radius 3 is 2.37 bits per heavy atom. The number of sulfonamides is 1. The molecule has 2 unspecified atom stereocenters. The Bertz CT molecular complexity index is 566. The van der Waals surface area contributed by atoms with E-state index in [1.165, 1.54) is 0 Å². The number of hydrogen-bond donors (Lipinski definition) is 0. The maximum atomic E-state index is 12.6. The lowest BCUT2D eigenvalue weighted by atomic mass is 9.94. The van der Waals surface area contributed by atoms with Gasteiger partial charge in [-0.2, -0.15) is 4.31 Å². The molecule has 1 aliphatic heterocycles. The van der Waals surface area contributed by atoms with Crippen LogP contribution in [0.1, 0.15) is 20.3 Å². The zero-order valence-electron chi connectivity index (χ0n) is 10.9. The molecule has 3 nitrogen and oxygen atoms in total. The molecule has 0 aromatic heterocycles. The number of nitrogens with zero attached hydrogens (tertiary/aromatic N) is 1. The second kappa shape index (κ2) is 5.72. The van der Waals surface area contributed by atoms with Gasteiger partial charge in [0.1, 0.15) is 4.90 Å². The predicted octanol–water partition coefficient (Wildman–Crippen LogP) is 3.77. The van der Waals surface area contributed by atoms with Crippen molar-refractivity contribution in [2.45, 2.75) is 25.2 Å². The summed E-state index contributed by atoms with van der Waals surface area (Å²) in [5.74, 6) is 0.764. The third-order valence-electron chi connectivity index (χ3n) is 3.35. The van der Waals surface area contributed by atoms with Crippen molar-refractivity contribution in [3.63, 3.8) is 0 Å². The molecule has 0 radical (unpaired) electrons. The van der Waals surface area contributed by atoms with E-state index in [0.717, 1.165) is 10.9 Å². The summed E-state index contributed by atoms with van der Waals surface area (Å²) in [5.41, 5.74) is 0. The average molecular weight is 367 g/mol. The Hall–Kier alpha value is -0.100. The Kier molecular flexibility index (Phi) is 4.60. The van der Waals surface area contributed by atoms with Crippen molar-refractivity contribution in [1.29, 1.82) is 0 Å². The van der Waals surface area contributed by atoms with Crippen LogP contribution in [-0.2, 0) is 10.0 Å². The van der Waals surface area contributed by atoms with Crippen LogP contribution in [0.2, 0.25) is 5.02 Å². The Morgan fingerprint density at radius 1 is 1.26 bits per heavy atom. The van der Waals surface area contributed by atoms with Gasteiger partial charge >= 0.3 is 0 Å². The van der Waals surface area contributed by atoms with Crippen LogP contribution in [0, 0.1) is 11.8 Å².